The lowest BCUT2D eigenvalue weighted by molar-refractivity contribution is -0.146. The van der Waals surface area contributed by atoms with Crippen LogP contribution < -0.4 is 0 Å². The Hall–Kier alpha value is -1.39. The maximum atomic E-state index is 10.7. The molecule has 4 nitrogen and oxygen atoms in total. The number of hydrogen-bond donors (Lipinski definition) is 2. The molecule has 1 aliphatic heterocycles. The number of nitrogens with zero attached hydrogens (tertiary/aromatic N) is 1. The highest BCUT2D eigenvalue weighted by Gasteiger charge is 2.16. The van der Waals surface area contributed by atoms with Gasteiger partial charge in [-0.05, 0) is 37.1 Å². The van der Waals surface area contributed by atoms with Crippen LogP contribution in [0.5, 0.6) is 0 Å². The van der Waals surface area contributed by atoms with Gasteiger partial charge in [0.2, 0.25) is 0 Å². The molecule has 98 valence electrons. The molecule has 2 N–H and O–H groups in total. The van der Waals surface area contributed by atoms with Crippen LogP contribution >= 0.6 is 0 Å². The zero-order valence-corrected chi connectivity index (χ0v) is 10.4. The van der Waals surface area contributed by atoms with Crippen molar-refractivity contribution < 1.29 is 15.0 Å². The highest BCUT2D eigenvalue weighted by Crippen LogP contribution is 2.17. The fourth-order valence-electron chi connectivity index (χ4n) is 2.38. The van der Waals surface area contributed by atoms with Crippen LogP contribution in [0.3, 0.4) is 0 Å². The van der Waals surface area contributed by atoms with E-state index in [2.05, 4.69) is 4.90 Å². The van der Waals surface area contributed by atoms with Gasteiger partial charge >= 0.3 is 5.97 Å². The van der Waals surface area contributed by atoms with Crippen LogP contribution in [0.15, 0.2) is 24.3 Å². The van der Waals surface area contributed by atoms with E-state index in [0.717, 1.165) is 25.2 Å². The fourth-order valence-corrected chi connectivity index (χ4v) is 2.38. The van der Waals surface area contributed by atoms with Crippen molar-refractivity contribution in [3.63, 3.8) is 0 Å². The molecule has 0 bridgehead atoms. The molecule has 1 fully saturated rings. The Kier molecular flexibility index (Phi) is 4.33. The second-order valence-electron chi connectivity index (χ2n) is 4.82. The molecule has 0 spiro atoms. The van der Waals surface area contributed by atoms with Gasteiger partial charge in [-0.25, -0.2) is 4.79 Å². The molecule has 2 rings (SSSR count). The highest BCUT2D eigenvalue weighted by atomic mass is 16.4. The third-order valence-corrected chi connectivity index (χ3v) is 3.36. The van der Waals surface area contributed by atoms with E-state index in [1.165, 1.54) is 19.3 Å². The topological polar surface area (TPSA) is 60.8 Å². The van der Waals surface area contributed by atoms with Crippen molar-refractivity contribution in [1.82, 2.24) is 4.90 Å². The van der Waals surface area contributed by atoms with Crippen molar-refractivity contribution >= 4 is 5.97 Å². The van der Waals surface area contributed by atoms with Gasteiger partial charge in [-0.1, -0.05) is 30.7 Å². The first kappa shape index (κ1) is 13.1. The Balaban J connectivity index is 2.04. The van der Waals surface area contributed by atoms with E-state index >= 15 is 0 Å². The predicted octanol–water partition coefficient (Wildman–Crippen LogP) is 1.79. The summed E-state index contributed by atoms with van der Waals surface area (Å²) in [6, 6.07) is 7.22. The van der Waals surface area contributed by atoms with Crippen LogP contribution in [0.1, 0.15) is 36.5 Å². The van der Waals surface area contributed by atoms with Gasteiger partial charge in [-0.3, -0.25) is 4.90 Å². The Morgan fingerprint density at radius 2 is 2.00 bits per heavy atom. The quantitative estimate of drug-likeness (QED) is 0.854. The van der Waals surface area contributed by atoms with Gasteiger partial charge < -0.3 is 10.2 Å². The summed E-state index contributed by atoms with van der Waals surface area (Å²) in [7, 11) is 0. The average Bonchev–Trinajstić information content (AvgIpc) is 2.39. The van der Waals surface area contributed by atoms with Gasteiger partial charge in [0.25, 0.3) is 0 Å². The van der Waals surface area contributed by atoms with Crippen molar-refractivity contribution in [1.29, 1.82) is 0 Å². The van der Waals surface area contributed by atoms with Crippen LogP contribution in [0.25, 0.3) is 0 Å². The number of aliphatic hydroxyl groups excluding tert-OH is 1. The monoisotopic (exact) mass is 249 g/mol. The molecule has 1 aromatic rings. The van der Waals surface area contributed by atoms with Gasteiger partial charge in [0.1, 0.15) is 0 Å². The number of rotatable bonds is 4. The fraction of sp³-hybridized carbons (Fsp3) is 0.500. The lowest BCUT2D eigenvalue weighted by Crippen LogP contribution is -2.29. The number of carboxylic acid groups (broad SMARTS) is 1. The van der Waals surface area contributed by atoms with E-state index in [1.54, 1.807) is 18.2 Å². The normalized spacial score (nSPS) is 18.5. The smallest absolute Gasteiger partial charge is 0.337 e. The minimum atomic E-state index is -1.42. The number of carboxylic acids is 1. The molecule has 1 aliphatic rings. The van der Waals surface area contributed by atoms with Crippen molar-refractivity contribution in [2.45, 2.75) is 31.9 Å². The zero-order chi connectivity index (χ0) is 13.0. The predicted molar refractivity (Wildman–Crippen MR) is 68.2 cm³/mol. The summed E-state index contributed by atoms with van der Waals surface area (Å²) in [6.45, 7) is 3.04. The first-order valence-corrected chi connectivity index (χ1v) is 6.39. The SMILES string of the molecule is O=C(O)C(O)c1cccc(CN2CCCCC2)c1. The molecule has 4 heteroatoms. The number of benzene rings is 1. The Bertz CT molecular complexity index is 413. The minimum absolute atomic E-state index is 0.456. The van der Waals surface area contributed by atoms with E-state index in [4.69, 9.17) is 5.11 Å². The number of likely N-dealkylation sites (tertiary alicyclic amines) is 1. The highest BCUT2D eigenvalue weighted by molar-refractivity contribution is 5.74. The van der Waals surface area contributed by atoms with Crippen LogP contribution in [-0.4, -0.2) is 34.2 Å². The summed E-state index contributed by atoms with van der Waals surface area (Å²) in [5.41, 5.74) is 1.52. The Morgan fingerprint density at radius 3 is 2.67 bits per heavy atom. The summed E-state index contributed by atoms with van der Waals surface area (Å²) in [4.78, 5) is 13.1. The average molecular weight is 249 g/mol. The minimum Gasteiger partial charge on any atom is -0.479 e. The standard InChI is InChI=1S/C14H19NO3/c16-13(14(17)18)12-6-4-5-11(9-12)10-15-7-2-1-3-8-15/h4-6,9,13,16H,1-3,7-8,10H2,(H,17,18). The van der Waals surface area contributed by atoms with Crippen LogP contribution in [0.2, 0.25) is 0 Å². The molecule has 0 aromatic heterocycles. The summed E-state index contributed by atoms with van der Waals surface area (Å²) >= 11 is 0. The van der Waals surface area contributed by atoms with E-state index in [9.17, 15) is 9.90 Å². The van der Waals surface area contributed by atoms with E-state index in [0.29, 0.717) is 5.56 Å². The third kappa shape index (κ3) is 3.31. The van der Waals surface area contributed by atoms with E-state index in [-0.39, 0.29) is 0 Å². The molecular formula is C14H19NO3. The van der Waals surface area contributed by atoms with Crippen LogP contribution in [0.4, 0.5) is 0 Å². The molecule has 0 saturated carbocycles. The number of piperidine rings is 1. The van der Waals surface area contributed by atoms with E-state index < -0.39 is 12.1 Å². The number of carbonyl (C=O) groups is 1. The molecule has 1 heterocycles. The second kappa shape index (κ2) is 5.98. The summed E-state index contributed by atoms with van der Waals surface area (Å²) in [6.07, 6.45) is 2.34. The van der Waals surface area contributed by atoms with Crippen molar-refractivity contribution in [3.05, 3.63) is 35.4 Å². The molecule has 1 saturated heterocycles. The largest absolute Gasteiger partial charge is 0.479 e. The van der Waals surface area contributed by atoms with Gasteiger partial charge in [0.05, 0.1) is 0 Å². The van der Waals surface area contributed by atoms with Gasteiger partial charge in [0, 0.05) is 6.54 Å². The van der Waals surface area contributed by atoms with Crippen molar-refractivity contribution in [3.8, 4) is 0 Å². The van der Waals surface area contributed by atoms with Gasteiger partial charge in [-0.15, -0.1) is 0 Å². The molecule has 1 atom stereocenters. The van der Waals surface area contributed by atoms with Gasteiger partial charge in [-0.2, -0.15) is 0 Å². The molecule has 0 aliphatic carbocycles. The molecule has 0 amide bonds. The van der Waals surface area contributed by atoms with Crippen molar-refractivity contribution in [2.24, 2.45) is 0 Å². The molecule has 0 radical (unpaired) electrons. The van der Waals surface area contributed by atoms with Gasteiger partial charge in [0.15, 0.2) is 6.10 Å². The molecule has 1 unspecified atom stereocenters. The Morgan fingerprint density at radius 1 is 1.28 bits per heavy atom. The first-order valence-electron chi connectivity index (χ1n) is 6.39. The third-order valence-electron chi connectivity index (χ3n) is 3.36. The molecular weight excluding hydrogens is 230 g/mol. The van der Waals surface area contributed by atoms with Crippen molar-refractivity contribution in [2.75, 3.05) is 13.1 Å². The molecule has 1 aromatic carbocycles. The zero-order valence-electron chi connectivity index (χ0n) is 10.4. The lowest BCUT2D eigenvalue weighted by Gasteiger charge is -2.26. The Labute approximate surface area is 107 Å². The molecule has 18 heavy (non-hydrogen) atoms. The van der Waals surface area contributed by atoms with Crippen LogP contribution in [-0.2, 0) is 11.3 Å². The maximum Gasteiger partial charge on any atom is 0.337 e. The maximum absolute atomic E-state index is 10.7. The second-order valence-corrected chi connectivity index (χ2v) is 4.82. The number of aliphatic hydroxyl groups is 1. The van der Waals surface area contributed by atoms with E-state index in [1.807, 2.05) is 6.07 Å². The number of aliphatic carboxylic acids is 1. The number of hydrogen-bond acceptors (Lipinski definition) is 3. The summed E-state index contributed by atoms with van der Waals surface area (Å²) < 4.78 is 0. The van der Waals surface area contributed by atoms with Crippen LogP contribution in [0, 0.1) is 0 Å². The summed E-state index contributed by atoms with van der Waals surface area (Å²) in [5.74, 6) is -1.20. The lowest BCUT2D eigenvalue weighted by atomic mass is 10.0. The summed E-state index contributed by atoms with van der Waals surface area (Å²) in [5, 5.41) is 18.3. The first-order chi connectivity index (χ1) is 8.66.